The van der Waals surface area contributed by atoms with Crippen LogP contribution in [0, 0.1) is 36.7 Å². The second-order valence-corrected chi connectivity index (χ2v) is 13.8. The number of fused-ring (bicyclic) bond motifs is 1. The third-order valence-electron chi connectivity index (χ3n) is 9.24. The molecular weight excluding hydrogens is 672 g/mol. The molecule has 1 aliphatic heterocycles. The molecule has 7 rings (SSSR count). The van der Waals surface area contributed by atoms with Crippen molar-refractivity contribution in [3.8, 4) is 17.0 Å². The molecule has 2 saturated carbocycles. The fourth-order valence-corrected chi connectivity index (χ4v) is 6.75. The molecule has 258 valence electrons. The Morgan fingerprint density at radius 1 is 1.14 bits per heavy atom. The summed E-state index contributed by atoms with van der Waals surface area (Å²) >= 11 is 0. The van der Waals surface area contributed by atoms with Gasteiger partial charge in [0.1, 0.15) is 29.3 Å². The number of halogens is 3. The van der Waals surface area contributed by atoms with E-state index in [1.807, 2.05) is 0 Å². The number of pyridine rings is 1. The summed E-state index contributed by atoms with van der Waals surface area (Å²) in [4.78, 5) is 50.1. The van der Waals surface area contributed by atoms with Crippen LogP contribution >= 0.6 is 7.82 Å². The number of rotatable bonds is 10. The van der Waals surface area contributed by atoms with Crippen LogP contribution in [0.2, 0.25) is 0 Å². The monoisotopic (exact) mass is 702 g/mol. The summed E-state index contributed by atoms with van der Waals surface area (Å²) in [5.74, 6) is -5.29. The quantitative estimate of drug-likeness (QED) is 0.169. The lowest BCUT2D eigenvalue weighted by Crippen LogP contribution is -2.52. The van der Waals surface area contributed by atoms with Crippen LogP contribution in [-0.4, -0.2) is 54.2 Å². The number of phosphoric ester groups is 1. The first-order valence-electron chi connectivity index (χ1n) is 15.3. The fraction of sp³-hybridized carbons (Fsp3) is 0.387. The number of carbonyl (C=O) groups is 2. The summed E-state index contributed by atoms with van der Waals surface area (Å²) in [6, 6.07) is 1.55. The van der Waals surface area contributed by atoms with Crippen molar-refractivity contribution in [3.05, 3.63) is 76.3 Å². The van der Waals surface area contributed by atoms with Gasteiger partial charge in [-0.1, -0.05) is 5.16 Å². The first-order valence-corrected chi connectivity index (χ1v) is 16.9. The van der Waals surface area contributed by atoms with Gasteiger partial charge in [0.05, 0.1) is 29.9 Å². The molecule has 49 heavy (non-hydrogen) atoms. The number of aryl methyl sites for hydroxylation is 1. The molecular formula is C31H30F3N6O8P. The molecule has 1 unspecified atom stereocenters. The molecule has 1 spiro atoms. The van der Waals surface area contributed by atoms with Crippen molar-refractivity contribution in [2.24, 2.45) is 5.41 Å². The number of phosphoric acid groups is 1. The summed E-state index contributed by atoms with van der Waals surface area (Å²) < 4.78 is 72.2. The molecule has 4 N–H and O–H groups in total. The van der Waals surface area contributed by atoms with Gasteiger partial charge in [-0.3, -0.25) is 19.1 Å². The van der Waals surface area contributed by atoms with E-state index in [9.17, 15) is 22.9 Å². The van der Waals surface area contributed by atoms with E-state index in [1.165, 1.54) is 12.5 Å². The predicted octanol–water partition coefficient (Wildman–Crippen LogP) is 4.60. The molecule has 0 radical (unpaired) electrons. The molecule has 2 aliphatic carbocycles. The highest BCUT2D eigenvalue weighted by atomic mass is 31.2. The van der Waals surface area contributed by atoms with Gasteiger partial charge in [-0.25, -0.2) is 22.4 Å². The predicted molar refractivity (Wildman–Crippen MR) is 163 cm³/mol. The molecule has 14 nitrogen and oxygen atoms in total. The maximum Gasteiger partial charge on any atom is 0.471 e. The number of aromatic nitrogens is 4. The lowest BCUT2D eigenvalue weighted by atomic mass is 9.75. The van der Waals surface area contributed by atoms with Crippen LogP contribution in [0.5, 0.6) is 5.75 Å². The molecule has 2 amide bonds. The highest BCUT2D eigenvalue weighted by molar-refractivity contribution is 7.46. The van der Waals surface area contributed by atoms with E-state index in [0.29, 0.717) is 29.9 Å². The minimum absolute atomic E-state index is 0.0478. The Labute approximate surface area is 276 Å². The standard InChI is InChI=1S/C31H30F3N6O8P/c1-14-24(15(2)40(38-14)13-48-49(43,44)45)27-22(34)7-17(10-35-27)36-30(42)28(37-29(41)19-11-47-39-26(19)16-3-4-16)25-18-8-20(32)21(33)9-23(18)46-12-31(25)5-6-31/h7-11,16,25,28H,3-6,12-13H2,1-2H3,(H,36,42)(H,37,41)(H2,43,44,45)/t25?,28-/m0/s1. The van der Waals surface area contributed by atoms with Crippen molar-refractivity contribution in [2.45, 2.75) is 64.1 Å². The number of nitrogens with zero attached hydrogens (tertiary/aromatic N) is 4. The summed E-state index contributed by atoms with van der Waals surface area (Å²) in [7, 11) is -4.80. The van der Waals surface area contributed by atoms with Gasteiger partial charge in [0.15, 0.2) is 24.2 Å². The van der Waals surface area contributed by atoms with E-state index in [1.54, 1.807) is 13.8 Å². The normalized spacial score (nSPS) is 18.5. The summed E-state index contributed by atoms with van der Waals surface area (Å²) in [6.45, 7) is 2.61. The Bertz CT molecular complexity index is 2040. The van der Waals surface area contributed by atoms with Crippen LogP contribution in [0.15, 0.2) is 35.2 Å². The zero-order valence-corrected chi connectivity index (χ0v) is 27.0. The van der Waals surface area contributed by atoms with Gasteiger partial charge in [0.2, 0.25) is 5.91 Å². The molecule has 2 atom stereocenters. The Balaban J connectivity index is 1.21. The van der Waals surface area contributed by atoms with E-state index < -0.39 is 61.2 Å². The minimum Gasteiger partial charge on any atom is -0.493 e. The SMILES string of the molecule is Cc1nn(COP(=O)(O)O)c(C)c1-c1ncc(NC(=O)[C@@H](NC(=O)c2conc2C2CC2)C2c3cc(F)c(F)cc3OCC23CC3)cc1F. The Morgan fingerprint density at radius 2 is 1.88 bits per heavy atom. The summed E-state index contributed by atoms with van der Waals surface area (Å²) in [6.07, 6.45) is 5.23. The highest BCUT2D eigenvalue weighted by Gasteiger charge is 2.58. The van der Waals surface area contributed by atoms with Gasteiger partial charge in [0, 0.05) is 46.2 Å². The van der Waals surface area contributed by atoms with Crippen molar-refractivity contribution in [3.63, 3.8) is 0 Å². The maximum atomic E-state index is 15.6. The van der Waals surface area contributed by atoms with E-state index in [4.69, 9.17) is 19.0 Å². The van der Waals surface area contributed by atoms with Gasteiger partial charge in [-0.15, -0.1) is 0 Å². The average Bonchev–Trinajstić information content (AvgIpc) is 3.96. The van der Waals surface area contributed by atoms with Crippen molar-refractivity contribution in [2.75, 3.05) is 11.9 Å². The van der Waals surface area contributed by atoms with Gasteiger partial charge < -0.3 is 29.7 Å². The number of benzene rings is 1. The van der Waals surface area contributed by atoms with Crippen LogP contribution < -0.4 is 15.4 Å². The summed E-state index contributed by atoms with van der Waals surface area (Å²) in [5.41, 5.74) is 0.810. The van der Waals surface area contributed by atoms with E-state index in [-0.39, 0.29) is 46.3 Å². The van der Waals surface area contributed by atoms with Crippen molar-refractivity contribution < 1.29 is 50.9 Å². The molecule has 3 aromatic heterocycles. The molecule has 18 heteroatoms. The van der Waals surface area contributed by atoms with Crippen molar-refractivity contribution in [1.82, 2.24) is 25.2 Å². The van der Waals surface area contributed by atoms with E-state index >= 15 is 4.39 Å². The second-order valence-electron chi connectivity index (χ2n) is 12.6. The molecule has 4 heterocycles. The molecule has 2 fully saturated rings. The Hall–Kier alpha value is -4.57. The van der Waals surface area contributed by atoms with Crippen molar-refractivity contribution in [1.29, 1.82) is 0 Å². The van der Waals surface area contributed by atoms with Gasteiger partial charge in [-0.05, 0) is 45.6 Å². The zero-order valence-electron chi connectivity index (χ0n) is 26.1. The molecule has 1 aromatic carbocycles. The third kappa shape index (κ3) is 6.34. The topological polar surface area (TPSA) is 191 Å². The van der Waals surface area contributed by atoms with Crippen molar-refractivity contribution >= 4 is 25.3 Å². The number of hydrogen-bond acceptors (Lipinski definition) is 9. The number of amides is 2. The largest absolute Gasteiger partial charge is 0.493 e. The number of nitrogens with one attached hydrogen (secondary N) is 2. The number of anilines is 1. The Morgan fingerprint density at radius 3 is 2.55 bits per heavy atom. The Kier molecular flexibility index (Phi) is 8.13. The molecule has 4 aromatic rings. The van der Waals surface area contributed by atoms with Gasteiger partial charge in [-0.2, -0.15) is 5.10 Å². The molecule has 0 bridgehead atoms. The van der Waals surface area contributed by atoms with Crippen LogP contribution in [0.3, 0.4) is 0 Å². The summed E-state index contributed by atoms with van der Waals surface area (Å²) in [5, 5.41) is 13.5. The first-order chi connectivity index (χ1) is 23.2. The van der Waals surface area contributed by atoms with Crippen LogP contribution in [-0.2, 0) is 20.6 Å². The zero-order chi connectivity index (χ0) is 34.8. The smallest absolute Gasteiger partial charge is 0.471 e. The number of ether oxygens (including phenoxy) is 1. The second kappa shape index (κ2) is 12.1. The number of carbonyl (C=O) groups excluding carboxylic acids is 2. The maximum absolute atomic E-state index is 15.6. The van der Waals surface area contributed by atoms with Crippen LogP contribution in [0.1, 0.15) is 70.5 Å². The van der Waals surface area contributed by atoms with Gasteiger partial charge in [0.25, 0.3) is 5.91 Å². The van der Waals surface area contributed by atoms with Crippen LogP contribution in [0.25, 0.3) is 11.3 Å². The average molecular weight is 703 g/mol. The van der Waals surface area contributed by atoms with Gasteiger partial charge >= 0.3 is 7.82 Å². The molecule has 3 aliphatic rings. The third-order valence-corrected chi connectivity index (χ3v) is 9.69. The lowest BCUT2D eigenvalue weighted by Gasteiger charge is -2.38. The molecule has 0 saturated heterocycles. The van der Waals surface area contributed by atoms with E-state index in [0.717, 1.165) is 35.7 Å². The van der Waals surface area contributed by atoms with Crippen LogP contribution in [0.4, 0.5) is 18.9 Å². The fourth-order valence-electron chi connectivity index (χ4n) is 6.49. The van der Waals surface area contributed by atoms with E-state index in [2.05, 4.69) is 30.4 Å². The first kappa shape index (κ1) is 33.0. The lowest BCUT2D eigenvalue weighted by molar-refractivity contribution is -0.119. The number of hydrogen-bond donors (Lipinski definition) is 4. The highest BCUT2D eigenvalue weighted by Crippen LogP contribution is 2.61. The minimum atomic E-state index is -4.80.